The molecule has 2 rings (SSSR count). The van der Waals surface area contributed by atoms with Gasteiger partial charge in [-0.05, 0) is 32.6 Å². The van der Waals surface area contributed by atoms with Crippen molar-refractivity contribution in [2.75, 3.05) is 0 Å². The van der Waals surface area contributed by atoms with Crippen LogP contribution in [0.4, 0.5) is 0 Å². The fourth-order valence-electron chi connectivity index (χ4n) is 2.83. The molecule has 0 bridgehead atoms. The van der Waals surface area contributed by atoms with Crippen molar-refractivity contribution in [2.24, 2.45) is 5.92 Å². The van der Waals surface area contributed by atoms with Gasteiger partial charge in [0.25, 0.3) is 0 Å². The Morgan fingerprint density at radius 2 is 2.23 bits per heavy atom. The van der Waals surface area contributed by atoms with E-state index in [0.717, 1.165) is 17.4 Å². The van der Waals surface area contributed by atoms with Crippen molar-refractivity contribution in [1.29, 1.82) is 0 Å². The molecule has 0 aliphatic heterocycles. The molecule has 0 saturated heterocycles. The van der Waals surface area contributed by atoms with Crippen LogP contribution in [0, 0.1) is 12.8 Å². The normalized spacial score (nSPS) is 23.0. The van der Waals surface area contributed by atoms with Crippen LogP contribution in [0.2, 0.25) is 0 Å². The van der Waals surface area contributed by atoms with Crippen molar-refractivity contribution < 1.29 is 4.79 Å². The Labute approximate surface area is 137 Å². The predicted octanol–water partition coefficient (Wildman–Crippen LogP) is 2.95. The maximum atomic E-state index is 12.4. The summed E-state index contributed by atoms with van der Waals surface area (Å²) in [6.07, 6.45) is 6.61. The summed E-state index contributed by atoms with van der Waals surface area (Å²) in [5.41, 5.74) is 0. The Balaban J connectivity index is 1.95. The van der Waals surface area contributed by atoms with Crippen molar-refractivity contribution in [3.8, 4) is 0 Å². The van der Waals surface area contributed by atoms with Crippen LogP contribution >= 0.6 is 11.8 Å². The summed E-state index contributed by atoms with van der Waals surface area (Å²) in [5, 5.41) is 12.1. The second-order valence-corrected chi connectivity index (χ2v) is 7.37. The molecule has 1 aliphatic carbocycles. The number of aryl methyl sites for hydroxylation is 1. The minimum Gasteiger partial charge on any atom is -0.352 e. The van der Waals surface area contributed by atoms with Gasteiger partial charge in [0.05, 0.1) is 5.25 Å². The van der Waals surface area contributed by atoms with E-state index in [1.165, 1.54) is 31.0 Å². The van der Waals surface area contributed by atoms with Crippen LogP contribution in [0.1, 0.15) is 45.4 Å². The molecule has 3 atom stereocenters. The topological polar surface area (TPSA) is 59.8 Å². The minimum absolute atomic E-state index is 0.0922. The van der Waals surface area contributed by atoms with E-state index < -0.39 is 0 Å². The molecule has 0 aromatic carbocycles. The third-order valence-electron chi connectivity index (χ3n) is 4.30. The number of rotatable bonds is 6. The molecule has 1 aromatic rings. The van der Waals surface area contributed by atoms with Gasteiger partial charge in [0, 0.05) is 12.6 Å². The lowest BCUT2D eigenvalue weighted by Crippen LogP contribution is -2.44. The summed E-state index contributed by atoms with van der Waals surface area (Å²) in [6, 6.07) is 0.317. The van der Waals surface area contributed by atoms with Gasteiger partial charge in [-0.3, -0.25) is 4.79 Å². The highest BCUT2D eigenvalue weighted by atomic mass is 32.2. The van der Waals surface area contributed by atoms with Crippen molar-refractivity contribution in [3.63, 3.8) is 0 Å². The Morgan fingerprint density at radius 1 is 1.50 bits per heavy atom. The van der Waals surface area contributed by atoms with Crippen molar-refractivity contribution in [2.45, 2.75) is 69.4 Å². The fourth-order valence-corrected chi connectivity index (χ4v) is 3.74. The molecule has 1 aliphatic rings. The molecule has 22 heavy (non-hydrogen) atoms. The van der Waals surface area contributed by atoms with E-state index >= 15 is 0 Å². The number of carbonyl (C=O) groups is 1. The van der Waals surface area contributed by atoms with Crippen LogP contribution in [-0.4, -0.2) is 32.0 Å². The van der Waals surface area contributed by atoms with Gasteiger partial charge in [-0.2, -0.15) is 0 Å². The first-order valence-corrected chi connectivity index (χ1v) is 8.88. The molecule has 1 saturated carbocycles. The molecule has 0 spiro atoms. The summed E-state index contributed by atoms with van der Waals surface area (Å²) < 4.78 is 1.98. The number of nitrogens with one attached hydrogen (secondary N) is 1. The van der Waals surface area contributed by atoms with Gasteiger partial charge in [-0.1, -0.05) is 37.6 Å². The molecule has 1 N–H and O–H groups in total. The smallest absolute Gasteiger partial charge is 0.233 e. The fraction of sp³-hybridized carbons (Fsp3) is 0.688. The van der Waals surface area contributed by atoms with E-state index in [-0.39, 0.29) is 11.2 Å². The molecule has 1 amide bonds. The molecule has 1 fully saturated rings. The van der Waals surface area contributed by atoms with Gasteiger partial charge >= 0.3 is 0 Å². The van der Waals surface area contributed by atoms with Crippen LogP contribution in [0.25, 0.3) is 0 Å². The summed E-state index contributed by atoms with van der Waals surface area (Å²) in [6.45, 7) is 10.5. The quantitative estimate of drug-likeness (QED) is 0.646. The number of aromatic nitrogens is 3. The molecule has 0 radical (unpaired) electrons. The molecule has 1 aromatic heterocycles. The Morgan fingerprint density at radius 3 is 2.91 bits per heavy atom. The molecule has 122 valence electrons. The van der Waals surface area contributed by atoms with Gasteiger partial charge in [0.2, 0.25) is 5.91 Å². The number of allylic oxidation sites excluding steroid dienone is 1. The van der Waals surface area contributed by atoms with Crippen molar-refractivity contribution in [1.82, 2.24) is 20.1 Å². The number of thioether (sulfide) groups is 1. The lowest BCUT2D eigenvalue weighted by Gasteiger charge is -2.30. The van der Waals surface area contributed by atoms with Crippen LogP contribution in [-0.2, 0) is 11.3 Å². The maximum Gasteiger partial charge on any atom is 0.233 e. The Kier molecular flexibility index (Phi) is 6.06. The third-order valence-corrected chi connectivity index (χ3v) is 5.38. The molecule has 6 heteroatoms. The van der Waals surface area contributed by atoms with E-state index in [2.05, 4.69) is 29.0 Å². The third kappa shape index (κ3) is 4.12. The van der Waals surface area contributed by atoms with Crippen LogP contribution < -0.4 is 5.32 Å². The lowest BCUT2D eigenvalue weighted by molar-refractivity contribution is -0.121. The van der Waals surface area contributed by atoms with E-state index in [0.29, 0.717) is 18.5 Å². The average Bonchev–Trinajstić information content (AvgIpc) is 2.83. The van der Waals surface area contributed by atoms with E-state index in [1.54, 1.807) is 0 Å². The van der Waals surface area contributed by atoms with Gasteiger partial charge < -0.3 is 9.88 Å². The first-order valence-electron chi connectivity index (χ1n) is 8.00. The van der Waals surface area contributed by atoms with Crippen molar-refractivity contribution in [3.05, 3.63) is 18.5 Å². The zero-order valence-corrected chi connectivity index (χ0v) is 14.5. The number of nitrogens with zero attached hydrogens (tertiary/aromatic N) is 3. The van der Waals surface area contributed by atoms with Gasteiger partial charge in [-0.25, -0.2) is 0 Å². The summed E-state index contributed by atoms with van der Waals surface area (Å²) in [7, 11) is 0. The second kappa shape index (κ2) is 7.81. The molecular formula is C16H26N4OS. The lowest BCUT2D eigenvalue weighted by atomic mass is 9.86. The largest absolute Gasteiger partial charge is 0.352 e. The van der Waals surface area contributed by atoms with E-state index in [4.69, 9.17) is 0 Å². The summed E-state index contributed by atoms with van der Waals surface area (Å²) >= 11 is 1.46. The zero-order chi connectivity index (χ0) is 16.1. The summed E-state index contributed by atoms with van der Waals surface area (Å²) in [4.78, 5) is 12.4. The van der Waals surface area contributed by atoms with Crippen molar-refractivity contribution >= 4 is 17.7 Å². The number of amides is 1. The zero-order valence-electron chi connectivity index (χ0n) is 13.7. The molecule has 1 heterocycles. The highest BCUT2D eigenvalue weighted by Crippen LogP contribution is 2.26. The SMILES string of the molecule is C=CCn1c(C)nnc1S[C@H](C)C(=O)N[C@@H]1CCCC[C@@H]1C. The number of hydrogen-bond acceptors (Lipinski definition) is 4. The van der Waals surface area contributed by atoms with Crippen LogP contribution in [0.5, 0.6) is 0 Å². The standard InChI is InChI=1S/C16H26N4OS/c1-5-10-20-13(4)18-19-16(20)22-12(3)15(21)17-14-9-7-6-8-11(14)2/h5,11-12,14H,1,6-10H2,2-4H3,(H,17,21)/t11-,12+,14+/m0/s1. The average molecular weight is 322 g/mol. The molecule has 0 unspecified atom stereocenters. The van der Waals surface area contributed by atoms with Gasteiger partial charge in [-0.15, -0.1) is 16.8 Å². The first-order chi connectivity index (χ1) is 10.5. The highest BCUT2D eigenvalue weighted by Gasteiger charge is 2.26. The number of hydrogen-bond donors (Lipinski definition) is 1. The monoisotopic (exact) mass is 322 g/mol. The van der Waals surface area contributed by atoms with E-state index in [1.807, 2.05) is 24.5 Å². The van der Waals surface area contributed by atoms with Gasteiger partial charge in [0.1, 0.15) is 5.82 Å². The minimum atomic E-state index is -0.179. The van der Waals surface area contributed by atoms with Gasteiger partial charge in [0.15, 0.2) is 5.16 Å². The Hall–Kier alpha value is -1.30. The first kappa shape index (κ1) is 17.1. The summed E-state index contributed by atoms with van der Waals surface area (Å²) in [5.74, 6) is 1.51. The van der Waals surface area contributed by atoms with Crippen LogP contribution in [0.15, 0.2) is 17.8 Å². The van der Waals surface area contributed by atoms with Crippen LogP contribution in [0.3, 0.4) is 0 Å². The maximum absolute atomic E-state index is 12.4. The number of carbonyl (C=O) groups excluding carboxylic acids is 1. The highest BCUT2D eigenvalue weighted by molar-refractivity contribution is 8.00. The van der Waals surface area contributed by atoms with E-state index in [9.17, 15) is 4.79 Å². The molecular weight excluding hydrogens is 296 g/mol. The molecule has 5 nitrogen and oxygen atoms in total. The Bertz CT molecular complexity index is 528. The second-order valence-electron chi connectivity index (χ2n) is 6.07. The predicted molar refractivity (Wildman–Crippen MR) is 89.8 cm³/mol.